The fraction of sp³-hybridized carbons (Fsp3) is 0.600. The lowest BCUT2D eigenvalue weighted by molar-refractivity contribution is 0.453. The Morgan fingerprint density at radius 3 is 2.90 bits per heavy atom. The van der Waals surface area contributed by atoms with E-state index in [4.69, 9.17) is 0 Å². The lowest BCUT2D eigenvalue weighted by Crippen LogP contribution is -2.31. The third-order valence-electron chi connectivity index (χ3n) is 3.87. The van der Waals surface area contributed by atoms with Gasteiger partial charge in [-0.25, -0.2) is 17.5 Å². The van der Waals surface area contributed by atoms with Gasteiger partial charge in [-0.05, 0) is 62.4 Å². The van der Waals surface area contributed by atoms with Gasteiger partial charge in [0.05, 0.1) is 5.75 Å². The monoisotopic (exact) mass is 314 g/mol. The minimum atomic E-state index is -3.10. The third-order valence-corrected chi connectivity index (χ3v) is 5.27. The topological polar surface area (TPSA) is 58.2 Å². The van der Waals surface area contributed by atoms with E-state index >= 15 is 0 Å². The molecule has 2 N–H and O–H groups in total. The molecule has 0 unspecified atom stereocenters. The van der Waals surface area contributed by atoms with Crippen molar-refractivity contribution in [2.75, 3.05) is 18.8 Å². The number of sulfonamides is 1. The van der Waals surface area contributed by atoms with Gasteiger partial charge in [-0.15, -0.1) is 0 Å². The number of aryl methyl sites for hydroxylation is 1. The summed E-state index contributed by atoms with van der Waals surface area (Å²) >= 11 is 0. The molecule has 1 aromatic rings. The summed E-state index contributed by atoms with van der Waals surface area (Å²) in [7, 11) is -3.10. The summed E-state index contributed by atoms with van der Waals surface area (Å²) in [6, 6.07) is 5.24. The Bertz CT molecular complexity index is 575. The van der Waals surface area contributed by atoms with Crippen LogP contribution in [0.5, 0.6) is 0 Å². The zero-order chi connectivity index (χ0) is 15.3. The van der Waals surface area contributed by atoms with Crippen molar-refractivity contribution in [3.05, 3.63) is 35.1 Å². The van der Waals surface area contributed by atoms with Crippen molar-refractivity contribution in [2.24, 2.45) is 0 Å². The van der Waals surface area contributed by atoms with Crippen LogP contribution in [-0.2, 0) is 16.4 Å². The van der Waals surface area contributed by atoms with Crippen molar-refractivity contribution in [2.45, 2.75) is 38.6 Å². The molecule has 0 aliphatic heterocycles. The molecule has 2 rings (SSSR count). The molecular formula is C15H23FN2O2S. The predicted octanol–water partition coefficient (Wildman–Crippen LogP) is 2.12. The normalized spacial score (nSPS) is 18.5. The molecule has 0 fully saturated rings. The van der Waals surface area contributed by atoms with Crippen LogP contribution in [0.1, 0.15) is 43.4 Å². The van der Waals surface area contributed by atoms with Gasteiger partial charge in [0.25, 0.3) is 0 Å². The van der Waals surface area contributed by atoms with Gasteiger partial charge in [-0.1, -0.05) is 6.07 Å². The van der Waals surface area contributed by atoms with Crippen molar-refractivity contribution < 1.29 is 12.8 Å². The summed E-state index contributed by atoms with van der Waals surface area (Å²) in [5.41, 5.74) is 2.27. The van der Waals surface area contributed by atoms with Gasteiger partial charge in [0.15, 0.2) is 0 Å². The molecular weight excluding hydrogens is 291 g/mol. The summed E-state index contributed by atoms with van der Waals surface area (Å²) in [6.07, 6.45) is 3.77. The van der Waals surface area contributed by atoms with E-state index in [-0.39, 0.29) is 17.6 Å². The van der Waals surface area contributed by atoms with Crippen LogP contribution in [0.15, 0.2) is 18.2 Å². The fourth-order valence-corrected chi connectivity index (χ4v) is 3.35. The lowest BCUT2D eigenvalue weighted by atomic mass is 9.87. The van der Waals surface area contributed by atoms with Crippen molar-refractivity contribution in [1.82, 2.24) is 10.0 Å². The second-order valence-electron chi connectivity index (χ2n) is 5.39. The van der Waals surface area contributed by atoms with E-state index < -0.39 is 10.0 Å². The average Bonchev–Trinajstić information content (AvgIpc) is 2.46. The van der Waals surface area contributed by atoms with Crippen molar-refractivity contribution in [1.29, 1.82) is 0 Å². The molecule has 0 amide bonds. The van der Waals surface area contributed by atoms with Gasteiger partial charge >= 0.3 is 0 Å². The van der Waals surface area contributed by atoms with Crippen molar-refractivity contribution in [3.8, 4) is 0 Å². The average molecular weight is 314 g/mol. The quantitative estimate of drug-likeness (QED) is 0.758. The molecule has 1 aliphatic rings. The Balaban J connectivity index is 1.80. The number of fused-ring (bicyclic) bond motifs is 1. The minimum Gasteiger partial charge on any atom is -0.310 e. The van der Waals surface area contributed by atoms with Gasteiger partial charge < -0.3 is 5.32 Å². The summed E-state index contributed by atoms with van der Waals surface area (Å²) in [4.78, 5) is 0. The smallest absolute Gasteiger partial charge is 0.211 e. The van der Waals surface area contributed by atoms with E-state index in [0.29, 0.717) is 6.54 Å². The summed E-state index contributed by atoms with van der Waals surface area (Å²) < 4.78 is 38.4. The maximum Gasteiger partial charge on any atom is 0.211 e. The number of rotatable bonds is 7. The fourth-order valence-electron chi connectivity index (χ4n) is 2.69. The Kier molecular flexibility index (Phi) is 5.72. The largest absolute Gasteiger partial charge is 0.310 e. The highest BCUT2D eigenvalue weighted by atomic mass is 32.2. The van der Waals surface area contributed by atoms with Crippen LogP contribution in [-0.4, -0.2) is 27.3 Å². The molecule has 0 aromatic heterocycles. The first-order chi connectivity index (χ1) is 10.0. The highest BCUT2D eigenvalue weighted by molar-refractivity contribution is 7.89. The SMILES string of the molecule is CCS(=O)(=O)NCCCN[C@@H]1CCCc2cc(F)ccc21. The number of hydrogen-bond acceptors (Lipinski definition) is 3. The Morgan fingerprint density at radius 1 is 1.33 bits per heavy atom. The molecule has 0 saturated heterocycles. The predicted molar refractivity (Wildman–Crippen MR) is 82.2 cm³/mol. The van der Waals surface area contributed by atoms with Crippen molar-refractivity contribution in [3.63, 3.8) is 0 Å². The number of halogens is 1. The van der Waals surface area contributed by atoms with E-state index in [2.05, 4.69) is 10.0 Å². The van der Waals surface area contributed by atoms with E-state index in [1.165, 1.54) is 11.6 Å². The molecule has 21 heavy (non-hydrogen) atoms. The second kappa shape index (κ2) is 7.33. The number of benzene rings is 1. The molecule has 0 radical (unpaired) electrons. The summed E-state index contributed by atoms with van der Waals surface area (Å²) in [5, 5.41) is 3.44. The molecule has 118 valence electrons. The third kappa shape index (κ3) is 4.76. The van der Waals surface area contributed by atoms with Gasteiger partial charge in [0.1, 0.15) is 5.82 Å². The molecule has 1 aromatic carbocycles. The molecule has 0 heterocycles. The maximum absolute atomic E-state index is 13.2. The molecule has 4 nitrogen and oxygen atoms in total. The van der Waals surface area contributed by atoms with E-state index in [0.717, 1.165) is 37.8 Å². The first-order valence-electron chi connectivity index (χ1n) is 7.51. The zero-order valence-electron chi connectivity index (χ0n) is 12.4. The van der Waals surface area contributed by atoms with Crippen LogP contribution in [0.25, 0.3) is 0 Å². The van der Waals surface area contributed by atoms with Crippen LogP contribution in [0.4, 0.5) is 4.39 Å². The molecule has 1 atom stereocenters. The van der Waals surface area contributed by atoms with Gasteiger partial charge in [-0.2, -0.15) is 0 Å². The summed E-state index contributed by atoms with van der Waals surface area (Å²) in [6.45, 7) is 2.82. The Morgan fingerprint density at radius 2 is 2.14 bits per heavy atom. The van der Waals surface area contributed by atoms with E-state index in [9.17, 15) is 12.8 Å². The molecule has 0 spiro atoms. The van der Waals surface area contributed by atoms with Gasteiger partial charge in [0, 0.05) is 12.6 Å². The van der Waals surface area contributed by atoms with Crippen LogP contribution in [0.3, 0.4) is 0 Å². The van der Waals surface area contributed by atoms with E-state index in [1.54, 1.807) is 13.0 Å². The minimum absolute atomic E-state index is 0.113. The van der Waals surface area contributed by atoms with Crippen LogP contribution in [0, 0.1) is 5.82 Å². The van der Waals surface area contributed by atoms with Gasteiger partial charge in [0.2, 0.25) is 10.0 Å². The first kappa shape index (κ1) is 16.4. The van der Waals surface area contributed by atoms with Crippen LogP contribution < -0.4 is 10.0 Å². The maximum atomic E-state index is 13.2. The lowest BCUT2D eigenvalue weighted by Gasteiger charge is -2.26. The number of hydrogen-bond donors (Lipinski definition) is 2. The van der Waals surface area contributed by atoms with Gasteiger partial charge in [-0.3, -0.25) is 0 Å². The molecule has 0 saturated carbocycles. The standard InChI is InChI=1S/C15H23FN2O2S/c1-2-21(19,20)18-10-4-9-17-15-6-3-5-12-11-13(16)7-8-14(12)15/h7-8,11,15,17-18H,2-6,9-10H2,1H3/t15-/m1/s1. The molecule has 0 bridgehead atoms. The molecule has 1 aliphatic carbocycles. The molecule has 6 heteroatoms. The summed E-state index contributed by atoms with van der Waals surface area (Å²) in [5.74, 6) is -0.0643. The zero-order valence-corrected chi connectivity index (χ0v) is 13.2. The Hall–Kier alpha value is -0.980. The highest BCUT2D eigenvalue weighted by Crippen LogP contribution is 2.29. The van der Waals surface area contributed by atoms with Crippen molar-refractivity contribution >= 4 is 10.0 Å². The first-order valence-corrected chi connectivity index (χ1v) is 9.16. The van der Waals surface area contributed by atoms with Crippen LogP contribution in [0.2, 0.25) is 0 Å². The Labute approximate surface area is 126 Å². The van der Waals surface area contributed by atoms with E-state index in [1.807, 2.05) is 6.07 Å². The second-order valence-corrected chi connectivity index (χ2v) is 7.49. The van der Waals surface area contributed by atoms with Crippen LogP contribution >= 0.6 is 0 Å². The number of nitrogens with one attached hydrogen (secondary N) is 2. The highest BCUT2D eigenvalue weighted by Gasteiger charge is 2.19.